The van der Waals surface area contributed by atoms with Gasteiger partial charge in [-0.05, 0) is 42.5 Å². The molecule has 0 bridgehead atoms. The number of hydrogen-bond acceptors (Lipinski definition) is 6. The molecule has 0 fully saturated rings. The molecular weight excluding hydrogens is 346 g/mol. The van der Waals surface area contributed by atoms with Crippen LogP contribution in [0.25, 0.3) is 11.3 Å². The van der Waals surface area contributed by atoms with Gasteiger partial charge in [0, 0.05) is 19.7 Å². The molecule has 4 rings (SSSR count). The number of fused-ring (bicyclic) bond motifs is 1. The summed E-state index contributed by atoms with van der Waals surface area (Å²) in [6.45, 7) is 0.548. The molecular formula is C20H19N3O4. The van der Waals surface area contributed by atoms with E-state index in [0.29, 0.717) is 29.4 Å². The summed E-state index contributed by atoms with van der Waals surface area (Å²) in [7, 11) is 3.71. The third-order valence-corrected chi connectivity index (χ3v) is 4.21. The molecule has 0 atom stereocenters. The van der Waals surface area contributed by atoms with Crippen LogP contribution in [0.5, 0.6) is 11.5 Å². The lowest BCUT2D eigenvalue weighted by Crippen LogP contribution is -2.26. The van der Waals surface area contributed by atoms with E-state index < -0.39 is 0 Å². The number of pyridine rings is 1. The first kappa shape index (κ1) is 17.0. The second-order valence-corrected chi connectivity index (χ2v) is 6.29. The molecule has 2 aromatic heterocycles. The van der Waals surface area contributed by atoms with Crippen LogP contribution in [0.1, 0.15) is 16.1 Å². The Morgan fingerprint density at radius 2 is 2.00 bits per heavy atom. The number of amides is 1. The average molecular weight is 365 g/mol. The summed E-state index contributed by atoms with van der Waals surface area (Å²) in [6.07, 6.45) is 1.58. The van der Waals surface area contributed by atoms with Gasteiger partial charge in [0.1, 0.15) is 11.6 Å². The van der Waals surface area contributed by atoms with Crippen LogP contribution in [0.2, 0.25) is 0 Å². The highest BCUT2D eigenvalue weighted by Crippen LogP contribution is 2.36. The van der Waals surface area contributed by atoms with Crippen molar-refractivity contribution in [1.82, 2.24) is 10.3 Å². The zero-order valence-corrected chi connectivity index (χ0v) is 15.1. The van der Waals surface area contributed by atoms with E-state index in [0.717, 1.165) is 17.0 Å². The summed E-state index contributed by atoms with van der Waals surface area (Å²) in [4.78, 5) is 19.1. The van der Waals surface area contributed by atoms with Crippen LogP contribution < -0.4 is 19.7 Å². The lowest BCUT2D eigenvalue weighted by Gasteiger charge is -2.17. The number of benzene rings is 1. The molecule has 1 aliphatic rings. The van der Waals surface area contributed by atoms with Gasteiger partial charge in [-0.3, -0.25) is 4.79 Å². The summed E-state index contributed by atoms with van der Waals surface area (Å²) in [5.74, 6) is 2.49. The number of anilines is 1. The Kier molecular flexibility index (Phi) is 4.42. The number of rotatable bonds is 5. The Morgan fingerprint density at radius 1 is 1.15 bits per heavy atom. The first-order valence-electron chi connectivity index (χ1n) is 8.51. The Labute approximate surface area is 156 Å². The van der Waals surface area contributed by atoms with E-state index >= 15 is 0 Å². The van der Waals surface area contributed by atoms with Crippen molar-refractivity contribution in [3.05, 3.63) is 60.1 Å². The van der Waals surface area contributed by atoms with Gasteiger partial charge >= 0.3 is 0 Å². The number of hydrogen-bond donors (Lipinski definition) is 1. The normalized spacial score (nSPS) is 12.1. The largest absolute Gasteiger partial charge is 0.467 e. The fourth-order valence-electron chi connectivity index (χ4n) is 2.86. The van der Waals surface area contributed by atoms with Gasteiger partial charge in [-0.15, -0.1) is 0 Å². The van der Waals surface area contributed by atoms with Gasteiger partial charge in [0.2, 0.25) is 6.79 Å². The highest BCUT2D eigenvalue weighted by Gasteiger charge is 2.18. The van der Waals surface area contributed by atoms with Gasteiger partial charge in [0.25, 0.3) is 5.91 Å². The Balaban J connectivity index is 1.61. The molecule has 1 N–H and O–H groups in total. The molecule has 3 aromatic rings. The molecule has 7 nitrogen and oxygen atoms in total. The number of carbonyl (C=O) groups excluding carboxylic acids is 1. The van der Waals surface area contributed by atoms with Crippen molar-refractivity contribution in [1.29, 1.82) is 0 Å². The maximum Gasteiger partial charge on any atom is 0.255 e. The molecule has 0 unspecified atom stereocenters. The fourth-order valence-corrected chi connectivity index (χ4v) is 2.86. The van der Waals surface area contributed by atoms with Gasteiger partial charge < -0.3 is 24.1 Å². The zero-order valence-electron chi connectivity index (χ0n) is 15.1. The van der Waals surface area contributed by atoms with E-state index in [4.69, 9.17) is 13.9 Å². The second-order valence-electron chi connectivity index (χ2n) is 6.29. The molecule has 0 radical (unpaired) electrons. The summed E-state index contributed by atoms with van der Waals surface area (Å²) < 4.78 is 16.0. The third-order valence-electron chi connectivity index (χ3n) is 4.21. The van der Waals surface area contributed by atoms with Crippen LogP contribution in [-0.4, -0.2) is 31.8 Å². The molecule has 3 heterocycles. The Hall–Kier alpha value is -3.48. The topological polar surface area (TPSA) is 76.8 Å². The van der Waals surface area contributed by atoms with E-state index in [9.17, 15) is 4.79 Å². The van der Waals surface area contributed by atoms with E-state index in [1.807, 2.05) is 49.3 Å². The number of nitrogens with zero attached hydrogens (tertiary/aromatic N) is 2. The van der Waals surface area contributed by atoms with Crippen molar-refractivity contribution in [2.45, 2.75) is 6.54 Å². The number of aromatic nitrogens is 1. The quantitative estimate of drug-likeness (QED) is 0.749. The van der Waals surface area contributed by atoms with Crippen molar-refractivity contribution in [3.63, 3.8) is 0 Å². The Bertz CT molecular complexity index is 967. The molecule has 27 heavy (non-hydrogen) atoms. The predicted octanol–water partition coefficient (Wildman–Crippen LogP) is 3.07. The second kappa shape index (κ2) is 7.03. The van der Waals surface area contributed by atoms with Gasteiger partial charge in [0.15, 0.2) is 11.5 Å². The van der Waals surface area contributed by atoms with Crippen molar-refractivity contribution in [2.75, 3.05) is 25.8 Å². The standard InChI is InChI=1S/C20H19N3O4/c1-23(2)19-15(20(24)21-11-14-4-3-9-25-14)6-7-16(22-19)13-5-8-17-18(10-13)27-12-26-17/h3-10H,11-12H2,1-2H3,(H,21,24). The summed E-state index contributed by atoms with van der Waals surface area (Å²) in [5.41, 5.74) is 2.14. The first-order chi connectivity index (χ1) is 13.1. The number of nitrogens with one attached hydrogen (secondary N) is 1. The van der Waals surface area contributed by atoms with E-state index in [2.05, 4.69) is 10.3 Å². The van der Waals surface area contributed by atoms with Crippen molar-refractivity contribution in [3.8, 4) is 22.8 Å². The molecule has 0 saturated carbocycles. The lowest BCUT2D eigenvalue weighted by atomic mass is 10.1. The van der Waals surface area contributed by atoms with Crippen LogP contribution in [0.3, 0.4) is 0 Å². The summed E-state index contributed by atoms with van der Waals surface area (Å²) in [5, 5.41) is 2.85. The summed E-state index contributed by atoms with van der Waals surface area (Å²) in [6, 6.07) is 12.9. The van der Waals surface area contributed by atoms with Gasteiger partial charge in [-0.1, -0.05) is 0 Å². The van der Waals surface area contributed by atoms with Crippen molar-refractivity contribution in [2.24, 2.45) is 0 Å². The molecule has 1 amide bonds. The van der Waals surface area contributed by atoms with E-state index in [1.165, 1.54) is 0 Å². The molecule has 0 spiro atoms. The minimum atomic E-state index is -0.208. The average Bonchev–Trinajstić information content (AvgIpc) is 3.36. The number of carbonyl (C=O) groups is 1. The van der Waals surface area contributed by atoms with Gasteiger partial charge in [-0.2, -0.15) is 0 Å². The van der Waals surface area contributed by atoms with Crippen LogP contribution in [-0.2, 0) is 6.54 Å². The van der Waals surface area contributed by atoms with Crippen LogP contribution in [0.4, 0.5) is 5.82 Å². The number of ether oxygens (including phenoxy) is 2. The van der Waals surface area contributed by atoms with Gasteiger partial charge in [-0.25, -0.2) is 4.98 Å². The molecule has 7 heteroatoms. The third kappa shape index (κ3) is 3.44. The van der Waals surface area contributed by atoms with Gasteiger partial charge in [0.05, 0.1) is 24.1 Å². The van der Waals surface area contributed by atoms with Crippen molar-refractivity contribution >= 4 is 11.7 Å². The molecule has 0 aliphatic carbocycles. The molecule has 138 valence electrons. The highest BCUT2D eigenvalue weighted by molar-refractivity contribution is 5.99. The molecule has 0 saturated heterocycles. The van der Waals surface area contributed by atoms with E-state index in [1.54, 1.807) is 18.4 Å². The van der Waals surface area contributed by atoms with Crippen LogP contribution in [0.15, 0.2) is 53.1 Å². The Morgan fingerprint density at radius 3 is 2.78 bits per heavy atom. The SMILES string of the molecule is CN(C)c1nc(-c2ccc3c(c2)OCO3)ccc1C(=O)NCc1ccco1. The lowest BCUT2D eigenvalue weighted by molar-refractivity contribution is 0.0948. The number of furan rings is 1. The van der Waals surface area contributed by atoms with Crippen molar-refractivity contribution < 1.29 is 18.7 Å². The smallest absolute Gasteiger partial charge is 0.255 e. The van der Waals surface area contributed by atoms with Crippen LogP contribution in [0, 0.1) is 0 Å². The van der Waals surface area contributed by atoms with Crippen LogP contribution >= 0.6 is 0 Å². The predicted molar refractivity (Wildman–Crippen MR) is 100 cm³/mol. The minimum absolute atomic E-state index is 0.208. The molecule has 1 aliphatic heterocycles. The minimum Gasteiger partial charge on any atom is -0.467 e. The fraction of sp³-hybridized carbons (Fsp3) is 0.200. The molecule has 1 aromatic carbocycles. The van der Waals surface area contributed by atoms with E-state index in [-0.39, 0.29) is 12.7 Å². The first-order valence-corrected chi connectivity index (χ1v) is 8.51. The maximum atomic E-state index is 12.6. The monoisotopic (exact) mass is 365 g/mol. The zero-order chi connectivity index (χ0) is 18.8. The summed E-state index contributed by atoms with van der Waals surface area (Å²) >= 11 is 0. The maximum absolute atomic E-state index is 12.6. The highest BCUT2D eigenvalue weighted by atomic mass is 16.7.